The summed E-state index contributed by atoms with van der Waals surface area (Å²) in [7, 11) is 0. The molecular formula is C32H31N5O4. The van der Waals surface area contributed by atoms with Crippen molar-refractivity contribution in [3.05, 3.63) is 116 Å². The molecule has 5 rings (SSSR count). The number of unbranched alkanes of at least 4 members (excludes halogenated alkanes) is 1. The van der Waals surface area contributed by atoms with Gasteiger partial charge < -0.3 is 9.88 Å². The number of anilines is 1. The first-order chi connectivity index (χ1) is 19.8. The number of aromatic nitrogens is 4. The second-order valence-electron chi connectivity index (χ2n) is 9.92. The number of H-pyrrole nitrogens is 1. The number of carbonyl (C=O) groups is 1. The predicted molar refractivity (Wildman–Crippen MR) is 158 cm³/mol. The van der Waals surface area contributed by atoms with Crippen LogP contribution in [-0.2, 0) is 17.6 Å². The first kappa shape index (κ1) is 27.5. The number of aryl methyl sites for hydroxylation is 1. The highest BCUT2D eigenvalue weighted by Gasteiger charge is 2.18. The minimum atomic E-state index is -0.608. The number of nitrogens with one attached hydrogen (secondary N) is 2. The average molecular weight is 550 g/mol. The lowest BCUT2D eigenvalue weighted by Crippen LogP contribution is -2.25. The molecule has 2 N–H and O–H groups in total. The molecule has 41 heavy (non-hydrogen) atoms. The van der Waals surface area contributed by atoms with Gasteiger partial charge in [-0.1, -0.05) is 73.1 Å². The third-order valence-corrected chi connectivity index (χ3v) is 6.92. The molecular weight excluding hydrogens is 518 g/mol. The van der Waals surface area contributed by atoms with E-state index >= 15 is 0 Å². The van der Waals surface area contributed by atoms with Crippen LogP contribution in [0, 0.1) is 6.92 Å². The summed E-state index contributed by atoms with van der Waals surface area (Å²) in [6, 6.07) is 23.2. The number of rotatable bonds is 9. The summed E-state index contributed by atoms with van der Waals surface area (Å²) in [4.78, 5) is 43.5. The Morgan fingerprint density at radius 1 is 1.00 bits per heavy atom. The summed E-state index contributed by atoms with van der Waals surface area (Å²) in [5.41, 5.74) is 6.43. The van der Waals surface area contributed by atoms with E-state index in [1.165, 1.54) is 6.92 Å². The number of aromatic amines is 1. The van der Waals surface area contributed by atoms with E-state index in [2.05, 4.69) is 27.4 Å². The number of carbonyl (C=O) groups excluding carboxylic acids is 1. The van der Waals surface area contributed by atoms with Gasteiger partial charge in [0, 0.05) is 41.5 Å². The van der Waals surface area contributed by atoms with E-state index in [0.717, 1.165) is 52.9 Å². The van der Waals surface area contributed by atoms with Gasteiger partial charge in [0.15, 0.2) is 5.82 Å². The number of benzene rings is 3. The first-order valence-electron chi connectivity index (χ1n) is 13.6. The zero-order valence-corrected chi connectivity index (χ0v) is 23.2. The summed E-state index contributed by atoms with van der Waals surface area (Å²) < 4.78 is 6.73. The smallest absolute Gasteiger partial charge is 0.326 e. The minimum absolute atomic E-state index is 0.149. The van der Waals surface area contributed by atoms with Gasteiger partial charge in [-0.2, -0.15) is 4.98 Å². The van der Waals surface area contributed by atoms with E-state index < -0.39 is 5.76 Å². The van der Waals surface area contributed by atoms with Gasteiger partial charge in [0.25, 0.3) is 5.56 Å². The zero-order chi connectivity index (χ0) is 28.9. The molecule has 0 radical (unpaired) electrons. The Morgan fingerprint density at radius 2 is 1.76 bits per heavy atom. The standard InChI is InChI=1S/C32H31N5O4/c1-4-5-13-29-28(31(39)33-20(2)37(29)25-10-8-9-24(19-25)34-21(3)38)18-22-14-16-23(17-15-22)26-11-6-7-12-27(26)30-35-32(40)41-36-30/h6-12,14-17,19H,4-5,13,18H2,1-3H3,(H,34,38)(H,35,36,40). The van der Waals surface area contributed by atoms with Crippen LogP contribution in [0.3, 0.4) is 0 Å². The van der Waals surface area contributed by atoms with Crippen LogP contribution in [0.1, 0.15) is 49.3 Å². The van der Waals surface area contributed by atoms with Gasteiger partial charge in [-0.3, -0.25) is 19.1 Å². The molecule has 208 valence electrons. The van der Waals surface area contributed by atoms with Gasteiger partial charge in [-0.05, 0) is 54.7 Å². The number of hydrogen-bond acceptors (Lipinski definition) is 6. The summed E-state index contributed by atoms with van der Waals surface area (Å²) in [5.74, 6) is 0.208. The molecule has 0 atom stereocenters. The van der Waals surface area contributed by atoms with Crippen LogP contribution >= 0.6 is 0 Å². The lowest BCUT2D eigenvalue weighted by atomic mass is 9.96. The Kier molecular flexibility index (Phi) is 8.05. The third kappa shape index (κ3) is 6.09. The third-order valence-electron chi connectivity index (χ3n) is 6.92. The van der Waals surface area contributed by atoms with Crippen molar-refractivity contribution in [2.24, 2.45) is 0 Å². The van der Waals surface area contributed by atoms with Gasteiger partial charge >= 0.3 is 5.76 Å². The fourth-order valence-electron chi connectivity index (χ4n) is 5.06. The van der Waals surface area contributed by atoms with Crippen molar-refractivity contribution < 1.29 is 9.32 Å². The number of amides is 1. The zero-order valence-electron chi connectivity index (χ0n) is 23.2. The normalized spacial score (nSPS) is 11.0. The van der Waals surface area contributed by atoms with E-state index in [1.807, 2.05) is 84.3 Å². The maximum absolute atomic E-state index is 13.3. The Hall–Kier alpha value is -5.05. The predicted octanol–water partition coefficient (Wildman–Crippen LogP) is 5.44. The van der Waals surface area contributed by atoms with E-state index in [0.29, 0.717) is 29.3 Å². The van der Waals surface area contributed by atoms with Crippen LogP contribution < -0.4 is 16.6 Å². The van der Waals surface area contributed by atoms with Crippen LogP contribution in [0.4, 0.5) is 5.69 Å². The fraction of sp³-hybridized carbons (Fsp3) is 0.219. The van der Waals surface area contributed by atoms with Gasteiger partial charge in [0.2, 0.25) is 5.91 Å². The maximum atomic E-state index is 13.3. The minimum Gasteiger partial charge on any atom is -0.326 e. The van der Waals surface area contributed by atoms with E-state index in [-0.39, 0.29) is 11.5 Å². The van der Waals surface area contributed by atoms with Gasteiger partial charge in [-0.25, -0.2) is 4.79 Å². The molecule has 2 aromatic heterocycles. The van der Waals surface area contributed by atoms with Crippen LogP contribution in [0.2, 0.25) is 0 Å². The molecule has 0 aliphatic heterocycles. The molecule has 3 aromatic carbocycles. The largest absolute Gasteiger partial charge is 0.439 e. The lowest BCUT2D eigenvalue weighted by Gasteiger charge is -2.20. The van der Waals surface area contributed by atoms with Crippen molar-refractivity contribution in [2.75, 3.05) is 5.32 Å². The Bertz CT molecular complexity index is 1820. The van der Waals surface area contributed by atoms with E-state index in [1.54, 1.807) is 0 Å². The first-order valence-corrected chi connectivity index (χ1v) is 13.6. The monoisotopic (exact) mass is 549 g/mol. The Balaban J connectivity index is 1.53. The molecule has 1 amide bonds. The van der Waals surface area contributed by atoms with Gasteiger partial charge in [-0.15, -0.1) is 0 Å². The highest BCUT2D eigenvalue weighted by Crippen LogP contribution is 2.30. The molecule has 0 saturated heterocycles. The second kappa shape index (κ2) is 12.0. The highest BCUT2D eigenvalue weighted by molar-refractivity contribution is 5.89. The van der Waals surface area contributed by atoms with Crippen molar-refractivity contribution in [2.45, 2.75) is 46.5 Å². The van der Waals surface area contributed by atoms with Gasteiger partial charge in [0.05, 0.1) is 0 Å². The van der Waals surface area contributed by atoms with E-state index in [4.69, 9.17) is 4.52 Å². The Morgan fingerprint density at radius 3 is 2.44 bits per heavy atom. The summed E-state index contributed by atoms with van der Waals surface area (Å²) >= 11 is 0. The average Bonchev–Trinajstić information content (AvgIpc) is 3.39. The molecule has 9 nitrogen and oxygen atoms in total. The van der Waals surface area contributed by atoms with Crippen molar-refractivity contribution in [3.63, 3.8) is 0 Å². The molecule has 0 bridgehead atoms. The highest BCUT2D eigenvalue weighted by atomic mass is 16.5. The van der Waals surface area contributed by atoms with Crippen molar-refractivity contribution in [3.8, 4) is 28.2 Å². The Labute approximate surface area is 236 Å². The number of nitrogens with zero attached hydrogens (tertiary/aromatic N) is 3. The van der Waals surface area contributed by atoms with Crippen LogP contribution in [0.15, 0.2) is 86.9 Å². The van der Waals surface area contributed by atoms with Crippen LogP contribution in [0.25, 0.3) is 28.2 Å². The molecule has 0 unspecified atom stereocenters. The molecule has 2 heterocycles. The summed E-state index contributed by atoms with van der Waals surface area (Å²) in [6.07, 6.45) is 3.04. The van der Waals surface area contributed by atoms with Crippen molar-refractivity contribution in [1.82, 2.24) is 19.7 Å². The summed E-state index contributed by atoms with van der Waals surface area (Å²) in [6.45, 7) is 5.43. The second-order valence-corrected chi connectivity index (χ2v) is 9.92. The van der Waals surface area contributed by atoms with Gasteiger partial charge in [0.1, 0.15) is 5.82 Å². The topological polar surface area (TPSA) is 123 Å². The van der Waals surface area contributed by atoms with Crippen LogP contribution in [-0.4, -0.2) is 25.6 Å². The van der Waals surface area contributed by atoms with E-state index in [9.17, 15) is 14.4 Å². The molecule has 9 heteroatoms. The molecule has 5 aromatic rings. The van der Waals surface area contributed by atoms with Crippen LogP contribution in [0.5, 0.6) is 0 Å². The number of hydrogen-bond donors (Lipinski definition) is 2. The van der Waals surface area contributed by atoms with Crippen molar-refractivity contribution >= 4 is 11.6 Å². The molecule has 0 aliphatic carbocycles. The summed E-state index contributed by atoms with van der Waals surface area (Å²) in [5, 5.41) is 6.68. The maximum Gasteiger partial charge on any atom is 0.439 e. The fourth-order valence-corrected chi connectivity index (χ4v) is 5.06. The molecule has 0 fully saturated rings. The van der Waals surface area contributed by atoms with Crippen molar-refractivity contribution in [1.29, 1.82) is 0 Å². The SMILES string of the molecule is CCCCc1c(Cc2ccc(-c3ccccc3-c3noc(=O)[nH]3)cc2)c(=O)nc(C)n1-c1cccc(NC(C)=O)c1. The lowest BCUT2D eigenvalue weighted by molar-refractivity contribution is -0.114. The molecule has 0 spiro atoms. The quantitative estimate of drug-likeness (QED) is 0.252. The molecule has 0 aliphatic rings. The molecule has 0 saturated carbocycles.